The Labute approximate surface area is 118 Å². The van der Waals surface area contributed by atoms with Crippen LogP contribution in [0, 0.1) is 12.7 Å². The molecule has 19 heavy (non-hydrogen) atoms. The molecule has 1 fully saturated rings. The lowest BCUT2D eigenvalue weighted by atomic mass is 9.78. The van der Waals surface area contributed by atoms with E-state index in [1.54, 1.807) is 6.92 Å². The van der Waals surface area contributed by atoms with Crippen molar-refractivity contribution in [1.82, 2.24) is 0 Å². The third kappa shape index (κ3) is 2.24. The van der Waals surface area contributed by atoms with Crippen molar-refractivity contribution >= 4 is 29.9 Å². The summed E-state index contributed by atoms with van der Waals surface area (Å²) in [4.78, 5) is 0. The molecule has 0 aromatic heterocycles. The van der Waals surface area contributed by atoms with E-state index in [0.29, 0.717) is 16.0 Å². The van der Waals surface area contributed by atoms with E-state index in [-0.39, 0.29) is 5.69 Å². The number of hydrogen-bond donors (Lipinski definition) is 1. The lowest BCUT2D eigenvalue weighted by Gasteiger charge is -2.32. The molecular weight excluding hydrogens is 267 g/mol. The maximum atomic E-state index is 13.7. The molecule has 0 saturated carbocycles. The van der Waals surface area contributed by atoms with Gasteiger partial charge in [-0.3, -0.25) is 0 Å². The second-order valence-corrected chi connectivity index (χ2v) is 6.27. The second-order valence-electron chi connectivity index (χ2n) is 5.90. The molecule has 0 bridgehead atoms. The predicted molar refractivity (Wildman–Crippen MR) is 76.3 cm³/mol. The number of benzene rings is 1. The second kappa shape index (κ2) is 4.37. The van der Waals surface area contributed by atoms with Gasteiger partial charge in [0.2, 0.25) is 0 Å². The normalized spacial score (nSPS) is 20.9. The summed E-state index contributed by atoms with van der Waals surface area (Å²) in [5.41, 5.74) is 5.63. The van der Waals surface area contributed by atoms with Gasteiger partial charge in [-0.15, -0.1) is 0 Å². The molecule has 6 heteroatoms. The van der Waals surface area contributed by atoms with E-state index >= 15 is 0 Å². The summed E-state index contributed by atoms with van der Waals surface area (Å²) in [7, 11) is -0.640. The van der Waals surface area contributed by atoms with Gasteiger partial charge in [0, 0.05) is 16.0 Å². The minimum absolute atomic E-state index is 0.0478. The third-order valence-electron chi connectivity index (χ3n) is 3.98. The third-order valence-corrected chi connectivity index (χ3v) is 4.49. The van der Waals surface area contributed by atoms with Gasteiger partial charge in [0.1, 0.15) is 5.82 Å². The number of nitrogen functional groups attached to an aromatic ring is 1. The maximum Gasteiger partial charge on any atom is 0.496 e. The molecule has 0 spiro atoms. The molecule has 1 aliphatic rings. The van der Waals surface area contributed by atoms with E-state index < -0.39 is 24.1 Å². The lowest BCUT2D eigenvalue weighted by Crippen LogP contribution is -2.41. The molecule has 1 aromatic carbocycles. The summed E-state index contributed by atoms with van der Waals surface area (Å²) in [6, 6.07) is 1.48. The Morgan fingerprint density at radius 3 is 2.16 bits per heavy atom. The van der Waals surface area contributed by atoms with Crippen molar-refractivity contribution in [2.45, 2.75) is 45.8 Å². The van der Waals surface area contributed by atoms with Crippen LogP contribution in [-0.2, 0) is 9.31 Å². The van der Waals surface area contributed by atoms with Gasteiger partial charge in [0.25, 0.3) is 0 Å². The fourth-order valence-corrected chi connectivity index (χ4v) is 2.19. The van der Waals surface area contributed by atoms with E-state index in [4.69, 9.17) is 26.6 Å². The summed E-state index contributed by atoms with van der Waals surface area (Å²) >= 11 is 6.18. The van der Waals surface area contributed by atoms with Crippen LogP contribution >= 0.6 is 11.6 Å². The van der Waals surface area contributed by atoms with E-state index in [1.807, 2.05) is 27.7 Å². The Bertz CT molecular complexity index is 518. The first-order valence-electron chi connectivity index (χ1n) is 6.16. The van der Waals surface area contributed by atoms with E-state index in [0.717, 1.165) is 0 Å². The number of anilines is 1. The van der Waals surface area contributed by atoms with Crippen LogP contribution < -0.4 is 11.2 Å². The summed E-state index contributed by atoms with van der Waals surface area (Å²) in [5.74, 6) is -0.495. The monoisotopic (exact) mass is 285 g/mol. The average Bonchev–Trinajstić information content (AvgIpc) is 2.50. The van der Waals surface area contributed by atoms with E-state index in [9.17, 15) is 4.39 Å². The van der Waals surface area contributed by atoms with Crippen molar-refractivity contribution < 1.29 is 13.7 Å². The van der Waals surface area contributed by atoms with Crippen molar-refractivity contribution in [1.29, 1.82) is 0 Å². The van der Waals surface area contributed by atoms with E-state index in [1.165, 1.54) is 6.07 Å². The molecule has 1 saturated heterocycles. The zero-order valence-electron chi connectivity index (χ0n) is 11.8. The van der Waals surface area contributed by atoms with Gasteiger partial charge in [0.15, 0.2) is 0 Å². The number of halogens is 2. The maximum absolute atomic E-state index is 13.7. The van der Waals surface area contributed by atoms with Crippen molar-refractivity contribution in [3.63, 3.8) is 0 Å². The van der Waals surface area contributed by atoms with Gasteiger partial charge >= 0.3 is 7.12 Å². The standard InChI is InChI=1S/C13H18BClFNO2/c1-7-10(15)8(6-9(17)11(7)16)14-18-12(2,3)13(4,5)19-14/h6H,17H2,1-5H3. The summed E-state index contributed by atoms with van der Waals surface area (Å²) in [6.07, 6.45) is 0. The molecule has 0 amide bonds. The summed E-state index contributed by atoms with van der Waals surface area (Å²) in [6.45, 7) is 9.37. The highest BCUT2D eigenvalue weighted by Gasteiger charge is 2.52. The number of rotatable bonds is 1. The van der Waals surface area contributed by atoms with Gasteiger partial charge in [-0.1, -0.05) is 11.6 Å². The molecule has 0 atom stereocenters. The van der Waals surface area contributed by atoms with Crippen LogP contribution in [0.4, 0.5) is 10.1 Å². The molecule has 0 aliphatic carbocycles. The highest BCUT2D eigenvalue weighted by atomic mass is 35.5. The van der Waals surface area contributed by atoms with Crippen LogP contribution in [0.2, 0.25) is 5.02 Å². The largest absolute Gasteiger partial charge is 0.496 e. The molecule has 0 radical (unpaired) electrons. The van der Waals surface area contributed by atoms with Crippen molar-refractivity contribution in [3.05, 3.63) is 22.5 Å². The zero-order chi connectivity index (χ0) is 14.6. The lowest BCUT2D eigenvalue weighted by molar-refractivity contribution is 0.00578. The zero-order valence-corrected chi connectivity index (χ0v) is 12.6. The molecule has 2 N–H and O–H groups in total. The molecule has 1 heterocycles. The molecule has 3 nitrogen and oxygen atoms in total. The quantitative estimate of drug-likeness (QED) is 0.637. The Hall–Kier alpha value is -0.775. The Morgan fingerprint density at radius 2 is 1.68 bits per heavy atom. The molecule has 104 valence electrons. The van der Waals surface area contributed by atoms with Gasteiger partial charge in [-0.2, -0.15) is 0 Å². The fraction of sp³-hybridized carbons (Fsp3) is 0.538. The fourth-order valence-electron chi connectivity index (χ4n) is 1.97. The van der Waals surface area contributed by atoms with Crippen LogP contribution in [0.25, 0.3) is 0 Å². The highest BCUT2D eigenvalue weighted by Crippen LogP contribution is 2.37. The van der Waals surface area contributed by atoms with Crippen LogP contribution in [0.5, 0.6) is 0 Å². The number of hydrogen-bond acceptors (Lipinski definition) is 3. The summed E-state index contributed by atoms with van der Waals surface area (Å²) in [5, 5.41) is 0.296. The first kappa shape index (κ1) is 14.6. The molecule has 0 unspecified atom stereocenters. The van der Waals surface area contributed by atoms with Crippen LogP contribution in [0.15, 0.2) is 6.07 Å². The Morgan fingerprint density at radius 1 is 1.21 bits per heavy atom. The van der Waals surface area contributed by atoms with Gasteiger partial charge < -0.3 is 15.0 Å². The predicted octanol–water partition coefficient (Wildman–Crippen LogP) is 2.67. The molecular formula is C13H18BClFNO2. The number of nitrogens with two attached hydrogens (primary N) is 1. The minimum atomic E-state index is -0.640. The molecule has 1 aromatic rings. The van der Waals surface area contributed by atoms with Crippen LogP contribution in [-0.4, -0.2) is 18.3 Å². The van der Waals surface area contributed by atoms with Crippen molar-refractivity contribution in [3.8, 4) is 0 Å². The van der Waals surface area contributed by atoms with Gasteiger partial charge in [-0.05, 0) is 40.7 Å². The first-order chi connectivity index (χ1) is 8.57. The molecule has 2 rings (SSSR count). The Kier molecular flexibility index (Phi) is 3.36. The Balaban J connectivity index is 2.46. The van der Waals surface area contributed by atoms with Gasteiger partial charge in [-0.25, -0.2) is 4.39 Å². The van der Waals surface area contributed by atoms with Crippen LogP contribution in [0.3, 0.4) is 0 Å². The first-order valence-corrected chi connectivity index (χ1v) is 6.54. The highest BCUT2D eigenvalue weighted by molar-refractivity contribution is 6.66. The van der Waals surface area contributed by atoms with E-state index in [2.05, 4.69) is 0 Å². The minimum Gasteiger partial charge on any atom is -0.399 e. The van der Waals surface area contributed by atoms with Crippen LogP contribution in [0.1, 0.15) is 33.3 Å². The average molecular weight is 286 g/mol. The smallest absolute Gasteiger partial charge is 0.399 e. The molecule has 1 aliphatic heterocycles. The SMILES string of the molecule is Cc1c(F)c(N)cc(B2OC(C)(C)C(C)(C)O2)c1Cl. The van der Waals surface area contributed by atoms with Crippen molar-refractivity contribution in [2.75, 3.05) is 5.73 Å². The topological polar surface area (TPSA) is 44.5 Å². The van der Waals surface area contributed by atoms with Crippen molar-refractivity contribution in [2.24, 2.45) is 0 Å². The summed E-state index contributed by atoms with van der Waals surface area (Å²) < 4.78 is 25.5. The van der Waals surface area contributed by atoms with Gasteiger partial charge in [0.05, 0.1) is 16.9 Å².